The van der Waals surface area contributed by atoms with E-state index >= 15 is 0 Å². The van der Waals surface area contributed by atoms with Crippen LogP contribution in [0.4, 0.5) is 4.39 Å². The standard InChI is InChI=1S/C20H22FN3O2/c21-17-7-3-2-6-15(17)8-11-23-19(25)18-14-16(9-10-22-18)20(26)24-12-4-1-5-13-24/h2-3,6-7,9-10,14H,1,4-5,8,11-13H2,(H,23,25). The molecule has 1 aromatic carbocycles. The molecule has 136 valence electrons. The lowest BCUT2D eigenvalue weighted by Crippen LogP contribution is -2.35. The van der Waals surface area contributed by atoms with Crippen molar-refractivity contribution >= 4 is 11.8 Å². The highest BCUT2D eigenvalue weighted by atomic mass is 19.1. The van der Waals surface area contributed by atoms with Crippen LogP contribution in [0.25, 0.3) is 0 Å². The third kappa shape index (κ3) is 4.45. The molecule has 1 aromatic heterocycles. The second kappa shape index (κ2) is 8.56. The van der Waals surface area contributed by atoms with Crippen LogP contribution >= 0.6 is 0 Å². The number of nitrogens with one attached hydrogen (secondary N) is 1. The molecule has 2 amide bonds. The van der Waals surface area contributed by atoms with Crippen LogP contribution in [0, 0.1) is 5.82 Å². The first-order valence-electron chi connectivity index (χ1n) is 8.92. The van der Waals surface area contributed by atoms with Crippen LogP contribution in [0.3, 0.4) is 0 Å². The van der Waals surface area contributed by atoms with Crippen molar-refractivity contribution < 1.29 is 14.0 Å². The Hall–Kier alpha value is -2.76. The molecule has 3 rings (SSSR count). The van der Waals surface area contributed by atoms with E-state index in [1.807, 2.05) is 4.90 Å². The van der Waals surface area contributed by atoms with Crippen LogP contribution in [0.5, 0.6) is 0 Å². The van der Waals surface area contributed by atoms with Crippen LogP contribution in [0.15, 0.2) is 42.6 Å². The average Bonchev–Trinajstić information content (AvgIpc) is 2.69. The van der Waals surface area contributed by atoms with Crippen LogP contribution < -0.4 is 5.32 Å². The van der Waals surface area contributed by atoms with E-state index in [2.05, 4.69) is 10.3 Å². The van der Waals surface area contributed by atoms with Crippen LogP contribution in [-0.2, 0) is 6.42 Å². The van der Waals surface area contributed by atoms with E-state index in [1.54, 1.807) is 24.3 Å². The maximum absolute atomic E-state index is 13.6. The molecule has 1 aliphatic rings. The molecule has 0 atom stereocenters. The van der Waals surface area contributed by atoms with Gasteiger partial charge in [0.1, 0.15) is 11.5 Å². The highest BCUT2D eigenvalue weighted by molar-refractivity contribution is 5.98. The van der Waals surface area contributed by atoms with Crippen molar-refractivity contribution in [3.63, 3.8) is 0 Å². The van der Waals surface area contributed by atoms with Gasteiger partial charge < -0.3 is 10.2 Å². The fraction of sp³-hybridized carbons (Fsp3) is 0.350. The number of hydrogen-bond acceptors (Lipinski definition) is 3. The van der Waals surface area contributed by atoms with Crippen molar-refractivity contribution in [3.8, 4) is 0 Å². The van der Waals surface area contributed by atoms with E-state index in [4.69, 9.17) is 0 Å². The second-order valence-corrected chi connectivity index (χ2v) is 6.38. The lowest BCUT2D eigenvalue weighted by atomic mass is 10.1. The minimum absolute atomic E-state index is 0.0625. The lowest BCUT2D eigenvalue weighted by Gasteiger charge is -2.26. The van der Waals surface area contributed by atoms with Crippen molar-refractivity contribution in [2.24, 2.45) is 0 Å². The minimum Gasteiger partial charge on any atom is -0.350 e. The average molecular weight is 355 g/mol. The van der Waals surface area contributed by atoms with E-state index in [-0.39, 0.29) is 23.3 Å². The lowest BCUT2D eigenvalue weighted by molar-refractivity contribution is 0.0724. The third-order valence-electron chi connectivity index (χ3n) is 4.52. The van der Waals surface area contributed by atoms with Gasteiger partial charge in [-0.05, 0) is 49.4 Å². The maximum atomic E-state index is 13.6. The van der Waals surface area contributed by atoms with Gasteiger partial charge in [0.25, 0.3) is 11.8 Å². The largest absolute Gasteiger partial charge is 0.350 e. The van der Waals surface area contributed by atoms with Gasteiger partial charge in [0.05, 0.1) is 0 Å². The van der Waals surface area contributed by atoms with Crippen molar-refractivity contribution in [1.82, 2.24) is 15.2 Å². The molecule has 0 aliphatic carbocycles. The van der Waals surface area contributed by atoms with Gasteiger partial charge in [0, 0.05) is 31.4 Å². The van der Waals surface area contributed by atoms with Gasteiger partial charge in [-0.15, -0.1) is 0 Å². The van der Waals surface area contributed by atoms with E-state index in [1.165, 1.54) is 18.3 Å². The van der Waals surface area contributed by atoms with Crippen LogP contribution in [0.2, 0.25) is 0 Å². The Balaban J connectivity index is 1.59. The molecule has 2 heterocycles. The van der Waals surface area contributed by atoms with E-state index in [9.17, 15) is 14.0 Å². The molecular formula is C20H22FN3O2. The van der Waals surface area contributed by atoms with Crippen molar-refractivity contribution in [2.75, 3.05) is 19.6 Å². The summed E-state index contributed by atoms with van der Waals surface area (Å²) in [6.07, 6.45) is 5.05. The fourth-order valence-electron chi connectivity index (χ4n) is 3.07. The molecule has 0 spiro atoms. The summed E-state index contributed by atoms with van der Waals surface area (Å²) in [5.74, 6) is -0.712. The number of nitrogens with zero attached hydrogens (tertiary/aromatic N) is 2. The van der Waals surface area contributed by atoms with Gasteiger partial charge in [0.15, 0.2) is 0 Å². The zero-order chi connectivity index (χ0) is 18.4. The number of hydrogen-bond donors (Lipinski definition) is 1. The summed E-state index contributed by atoms with van der Waals surface area (Å²) in [6, 6.07) is 9.64. The second-order valence-electron chi connectivity index (χ2n) is 6.38. The topological polar surface area (TPSA) is 62.3 Å². The first-order chi connectivity index (χ1) is 12.6. The minimum atomic E-state index is -0.366. The molecule has 1 saturated heterocycles. The SMILES string of the molecule is O=C(NCCc1ccccc1F)c1cc(C(=O)N2CCCCC2)ccn1. The number of benzene rings is 1. The predicted octanol–water partition coefficient (Wildman–Crippen LogP) is 2.82. The molecule has 1 fully saturated rings. The Bertz CT molecular complexity index is 788. The molecule has 1 aliphatic heterocycles. The Morgan fingerprint density at radius 3 is 2.65 bits per heavy atom. The number of rotatable bonds is 5. The first-order valence-corrected chi connectivity index (χ1v) is 8.92. The van der Waals surface area contributed by atoms with Gasteiger partial charge in [-0.1, -0.05) is 18.2 Å². The normalized spacial score (nSPS) is 14.1. The summed E-state index contributed by atoms with van der Waals surface area (Å²) in [5.41, 5.74) is 1.22. The Kier molecular flexibility index (Phi) is 5.94. The third-order valence-corrected chi connectivity index (χ3v) is 4.52. The smallest absolute Gasteiger partial charge is 0.269 e. The molecule has 0 bridgehead atoms. The highest BCUT2D eigenvalue weighted by Gasteiger charge is 2.19. The molecule has 0 saturated carbocycles. The summed E-state index contributed by atoms with van der Waals surface area (Å²) < 4.78 is 13.6. The summed E-state index contributed by atoms with van der Waals surface area (Å²) >= 11 is 0. The Labute approximate surface area is 152 Å². The molecule has 5 nitrogen and oxygen atoms in total. The predicted molar refractivity (Wildman–Crippen MR) is 96.4 cm³/mol. The van der Waals surface area contributed by atoms with Crippen LogP contribution in [0.1, 0.15) is 45.7 Å². The van der Waals surface area contributed by atoms with Gasteiger partial charge in [-0.3, -0.25) is 14.6 Å². The number of halogens is 1. The Morgan fingerprint density at radius 1 is 1.12 bits per heavy atom. The van der Waals surface area contributed by atoms with Gasteiger partial charge in [-0.2, -0.15) is 0 Å². The molecule has 0 unspecified atom stereocenters. The quantitative estimate of drug-likeness (QED) is 0.897. The molecule has 1 N–H and O–H groups in total. The number of carbonyl (C=O) groups excluding carboxylic acids is 2. The number of carbonyl (C=O) groups is 2. The summed E-state index contributed by atoms with van der Waals surface area (Å²) in [4.78, 5) is 30.7. The van der Waals surface area contributed by atoms with Gasteiger partial charge >= 0.3 is 0 Å². The van der Waals surface area contributed by atoms with Crippen molar-refractivity contribution in [2.45, 2.75) is 25.7 Å². The molecule has 0 radical (unpaired) electrons. The van der Waals surface area contributed by atoms with Gasteiger partial charge in [0.2, 0.25) is 0 Å². The molecule has 6 heteroatoms. The summed E-state index contributed by atoms with van der Waals surface area (Å²) in [6.45, 7) is 1.81. The number of aromatic nitrogens is 1. The van der Waals surface area contributed by atoms with Crippen molar-refractivity contribution in [3.05, 3.63) is 65.2 Å². The van der Waals surface area contributed by atoms with E-state index < -0.39 is 0 Å². The monoisotopic (exact) mass is 355 g/mol. The van der Waals surface area contributed by atoms with Crippen molar-refractivity contribution in [1.29, 1.82) is 0 Å². The number of piperidine rings is 1. The molecule has 26 heavy (non-hydrogen) atoms. The van der Waals surface area contributed by atoms with Crippen LogP contribution in [-0.4, -0.2) is 41.3 Å². The van der Waals surface area contributed by atoms with Gasteiger partial charge in [-0.25, -0.2) is 4.39 Å². The highest BCUT2D eigenvalue weighted by Crippen LogP contribution is 2.13. The number of likely N-dealkylation sites (tertiary alicyclic amines) is 1. The fourth-order valence-corrected chi connectivity index (χ4v) is 3.07. The maximum Gasteiger partial charge on any atom is 0.269 e. The summed E-state index contributed by atoms with van der Waals surface area (Å²) in [7, 11) is 0. The van der Waals surface area contributed by atoms with E-state index in [0.29, 0.717) is 24.1 Å². The first kappa shape index (κ1) is 18.0. The zero-order valence-corrected chi connectivity index (χ0v) is 14.6. The van der Waals surface area contributed by atoms with E-state index in [0.717, 1.165) is 32.4 Å². The number of amides is 2. The number of pyridine rings is 1. The molecule has 2 aromatic rings. The molecular weight excluding hydrogens is 333 g/mol. The zero-order valence-electron chi connectivity index (χ0n) is 14.6. The summed E-state index contributed by atoms with van der Waals surface area (Å²) in [5, 5.41) is 2.73. The Morgan fingerprint density at radius 2 is 1.88 bits per heavy atom.